The van der Waals surface area contributed by atoms with Gasteiger partial charge in [-0.15, -0.1) is 0 Å². The Morgan fingerprint density at radius 1 is 1.31 bits per heavy atom. The number of rotatable bonds is 4. The number of nitrogens with zero attached hydrogens (tertiary/aromatic N) is 1. The molecule has 1 aliphatic heterocycles. The Kier molecular flexibility index (Phi) is 5.23. The number of likely N-dealkylation sites (tertiary alicyclic amines) is 1. The maximum Gasteiger partial charge on any atom is 0.337 e. The van der Waals surface area contributed by atoms with E-state index < -0.39 is 11.4 Å². The molecule has 0 radical (unpaired) electrons. The van der Waals surface area contributed by atoms with Crippen LogP contribution in [0.2, 0.25) is 5.02 Å². The van der Waals surface area contributed by atoms with Crippen molar-refractivity contribution in [1.82, 2.24) is 4.90 Å². The Bertz CT molecular complexity index is 745. The SMILES string of the molecule is COC(=O)c1ccc(Cl)c(NC(=O)C2(C(=O)N3CCCC(C)C3)CC2)c1. The summed E-state index contributed by atoms with van der Waals surface area (Å²) in [5, 5.41) is 3.04. The average Bonchev–Trinajstić information content (AvgIpc) is 3.44. The Labute approximate surface area is 157 Å². The lowest BCUT2D eigenvalue weighted by Crippen LogP contribution is -2.46. The van der Waals surface area contributed by atoms with E-state index in [0.717, 1.165) is 12.8 Å². The molecule has 1 aromatic carbocycles. The summed E-state index contributed by atoms with van der Waals surface area (Å²) in [7, 11) is 1.28. The van der Waals surface area contributed by atoms with E-state index in [0.29, 0.717) is 42.6 Å². The van der Waals surface area contributed by atoms with Gasteiger partial charge in [0.1, 0.15) is 5.41 Å². The number of carbonyl (C=O) groups excluding carboxylic acids is 3. The second-order valence-electron chi connectivity index (χ2n) is 7.22. The molecule has 7 heteroatoms. The average molecular weight is 379 g/mol. The zero-order valence-corrected chi connectivity index (χ0v) is 15.8. The van der Waals surface area contributed by atoms with E-state index >= 15 is 0 Å². The number of benzene rings is 1. The van der Waals surface area contributed by atoms with Crippen LogP contribution in [0, 0.1) is 11.3 Å². The van der Waals surface area contributed by atoms with Gasteiger partial charge in [0, 0.05) is 13.1 Å². The predicted molar refractivity (Wildman–Crippen MR) is 98.1 cm³/mol. The Hall–Kier alpha value is -2.08. The number of ether oxygens (including phenoxy) is 1. The summed E-state index contributed by atoms with van der Waals surface area (Å²) in [5.74, 6) is -0.513. The molecule has 0 bridgehead atoms. The van der Waals surface area contributed by atoms with Gasteiger partial charge in [0.05, 0.1) is 23.4 Å². The van der Waals surface area contributed by atoms with Gasteiger partial charge in [-0.2, -0.15) is 0 Å². The monoisotopic (exact) mass is 378 g/mol. The molecule has 2 amide bonds. The third kappa shape index (κ3) is 3.56. The lowest BCUT2D eigenvalue weighted by Gasteiger charge is -2.33. The van der Waals surface area contributed by atoms with E-state index in [-0.39, 0.29) is 17.4 Å². The fraction of sp³-hybridized carbons (Fsp3) is 0.526. The Balaban J connectivity index is 1.75. The van der Waals surface area contributed by atoms with Crippen LogP contribution in [0.15, 0.2) is 18.2 Å². The molecule has 3 rings (SSSR count). The summed E-state index contributed by atoms with van der Waals surface area (Å²) in [5.41, 5.74) is -0.402. The molecule has 2 fully saturated rings. The molecule has 0 spiro atoms. The van der Waals surface area contributed by atoms with Crippen molar-refractivity contribution in [1.29, 1.82) is 0 Å². The first kappa shape index (κ1) is 18.7. The van der Waals surface area contributed by atoms with E-state index in [2.05, 4.69) is 17.0 Å². The molecule has 1 heterocycles. The van der Waals surface area contributed by atoms with Gasteiger partial charge in [-0.3, -0.25) is 9.59 Å². The van der Waals surface area contributed by atoms with Crippen molar-refractivity contribution < 1.29 is 19.1 Å². The van der Waals surface area contributed by atoms with Crippen LogP contribution >= 0.6 is 11.6 Å². The normalized spacial score (nSPS) is 21.0. The zero-order valence-electron chi connectivity index (χ0n) is 15.0. The summed E-state index contributed by atoms with van der Waals surface area (Å²) in [6.45, 7) is 3.53. The van der Waals surface area contributed by atoms with Gasteiger partial charge in [0.2, 0.25) is 11.8 Å². The lowest BCUT2D eigenvalue weighted by atomic mass is 9.96. The van der Waals surface area contributed by atoms with Gasteiger partial charge >= 0.3 is 5.97 Å². The van der Waals surface area contributed by atoms with Gasteiger partial charge in [-0.05, 0) is 49.8 Å². The summed E-state index contributed by atoms with van der Waals surface area (Å²) in [4.78, 5) is 39.2. The van der Waals surface area contributed by atoms with E-state index in [1.165, 1.54) is 25.3 Å². The highest BCUT2D eigenvalue weighted by Crippen LogP contribution is 2.49. The number of halogens is 1. The molecule has 1 aliphatic carbocycles. The second-order valence-corrected chi connectivity index (χ2v) is 7.63. The van der Waals surface area contributed by atoms with E-state index in [1.807, 2.05) is 4.90 Å². The van der Waals surface area contributed by atoms with Gasteiger partial charge < -0.3 is 15.0 Å². The van der Waals surface area contributed by atoms with Crippen molar-refractivity contribution in [3.63, 3.8) is 0 Å². The lowest BCUT2D eigenvalue weighted by molar-refractivity contribution is -0.143. The quantitative estimate of drug-likeness (QED) is 0.645. The first-order chi connectivity index (χ1) is 12.4. The highest BCUT2D eigenvalue weighted by Gasteiger charge is 2.58. The smallest absolute Gasteiger partial charge is 0.337 e. The molecule has 0 aromatic heterocycles. The van der Waals surface area contributed by atoms with Crippen LogP contribution in [0.1, 0.15) is 43.0 Å². The van der Waals surface area contributed by atoms with Gasteiger partial charge in [0.15, 0.2) is 0 Å². The first-order valence-corrected chi connectivity index (χ1v) is 9.24. The van der Waals surface area contributed by atoms with Gasteiger partial charge in [-0.1, -0.05) is 18.5 Å². The topological polar surface area (TPSA) is 75.7 Å². The van der Waals surface area contributed by atoms with Crippen LogP contribution < -0.4 is 5.32 Å². The number of hydrogen-bond donors (Lipinski definition) is 1. The highest BCUT2D eigenvalue weighted by molar-refractivity contribution is 6.34. The largest absolute Gasteiger partial charge is 0.465 e. The molecule has 1 saturated heterocycles. The number of nitrogens with one attached hydrogen (secondary N) is 1. The molecule has 1 aromatic rings. The third-order valence-electron chi connectivity index (χ3n) is 5.17. The maximum atomic E-state index is 12.9. The van der Waals surface area contributed by atoms with Crippen molar-refractivity contribution in [2.45, 2.75) is 32.6 Å². The molecule has 2 aliphatic rings. The predicted octanol–water partition coefficient (Wildman–Crippen LogP) is 3.10. The van der Waals surface area contributed by atoms with Crippen LogP contribution in [0.3, 0.4) is 0 Å². The standard InChI is InChI=1S/C19H23ClN2O4/c1-12-4-3-9-22(11-12)18(25)19(7-8-19)17(24)21-15-10-13(16(23)26-2)5-6-14(15)20/h5-6,10,12H,3-4,7-9,11H2,1-2H3,(H,21,24). The number of methoxy groups -OCH3 is 1. The molecule has 140 valence electrons. The second kappa shape index (κ2) is 7.27. The van der Waals surface area contributed by atoms with Crippen molar-refractivity contribution in [2.24, 2.45) is 11.3 Å². The number of amides is 2. The number of carbonyl (C=O) groups is 3. The molecule has 1 unspecified atom stereocenters. The highest BCUT2D eigenvalue weighted by atomic mass is 35.5. The summed E-state index contributed by atoms with van der Waals surface area (Å²) in [6, 6.07) is 4.52. The molecule has 1 atom stereocenters. The third-order valence-corrected chi connectivity index (χ3v) is 5.50. The molecule has 1 N–H and O–H groups in total. The van der Waals surface area contributed by atoms with Crippen molar-refractivity contribution in [3.05, 3.63) is 28.8 Å². The summed E-state index contributed by atoms with van der Waals surface area (Å²) in [6.07, 6.45) is 3.16. The number of esters is 1. The van der Waals surface area contributed by atoms with Crippen LogP contribution in [-0.4, -0.2) is 42.9 Å². The minimum atomic E-state index is -0.998. The van der Waals surface area contributed by atoms with Crippen LogP contribution in [0.25, 0.3) is 0 Å². The maximum absolute atomic E-state index is 12.9. The fourth-order valence-corrected chi connectivity index (χ4v) is 3.61. The number of piperidine rings is 1. The van der Waals surface area contributed by atoms with Gasteiger partial charge in [0.25, 0.3) is 0 Å². The van der Waals surface area contributed by atoms with Crippen molar-refractivity contribution in [3.8, 4) is 0 Å². The van der Waals surface area contributed by atoms with Crippen LogP contribution in [0.4, 0.5) is 5.69 Å². The minimum Gasteiger partial charge on any atom is -0.465 e. The van der Waals surface area contributed by atoms with Crippen LogP contribution in [0.5, 0.6) is 0 Å². The summed E-state index contributed by atoms with van der Waals surface area (Å²) >= 11 is 6.14. The molecular weight excluding hydrogens is 356 g/mol. The molecular formula is C19H23ClN2O4. The molecule has 1 saturated carbocycles. The van der Waals surface area contributed by atoms with E-state index in [4.69, 9.17) is 11.6 Å². The zero-order chi connectivity index (χ0) is 18.9. The fourth-order valence-electron chi connectivity index (χ4n) is 3.45. The van der Waals surface area contributed by atoms with E-state index in [9.17, 15) is 14.4 Å². The molecule has 26 heavy (non-hydrogen) atoms. The van der Waals surface area contributed by atoms with E-state index in [1.54, 1.807) is 0 Å². The summed E-state index contributed by atoms with van der Waals surface area (Å²) < 4.78 is 4.69. The number of anilines is 1. The Morgan fingerprint density at radius 2 is 2.04 bits per heavy atom. The minimum absolute atomic E-state index is 0.0956. The van der Waals surface area contributed by atoms with Crippen molar-refractivity contribution in [2.75, 3.05) is 25.5 Å². The van der Waals surface area contributed by atoms with Gasteiger partial charge in [-0.25, -0.2) is 4.79 Å². The molecule has 6 nitrogen and oxygen atoms in total. The van der Waals surface area contributed by atoms with Crippen molar-refractivity contribution >= 4 is 35.1 Å². The first-order valence-electron chi connectivity index (χ1n) is 8.86. The number of hydrogen-bond acceptors (Lipinski definition) is 4. The Morgan fingerprint density at radius 3 is 2.65 bits per heavy atom. The van der Waals surface area contributed by atoms with Crippen LogP contribution in [-0.2, 0) is 14.3 Å².